The largest absolute Gasteiger partial charge is 0.482 e. The van der Waals surface area contributed by atoms with E-state index in [2.05, 4.69) is 5.32 Å². The maximum atomic E-state index is 12.9. The number of carbonyl (C=O) groups excluding carboxylic acids is 2. The lowest BCUT2D eigenvalue weighted by molar-refractivity contribution is -0.142. The van der Waals surface area contributed by atoms with Crippen molar-refractivity contribution in [3.8, 4) is 5.75 Å². The van der Waals surface area contributed by atoms with Crippen LogP contribution < -0.4 is 10.1 Å². The first-order valence-electron chi connectivity index (χ1n) is 8.90. The number of hydrogen-bond donors (Lipinski definition) is 1. The molecule has 0 aliphatic heterocycles. The third-order valence-corrected chi connectivity index (χ3v) is 4.61. The highest BCUT2D eigenvalue weighted by atomic mass is 35.5. The molecule has 2 aromatic rings. The number of nitrogens with one attached hydrogen (secondary N) is 1. The van der Waals surface area contributed by atoms with Gasteiger partial charge in [0.2, 0.25) is 5.91 Å². The first-order valence-corrected chi connectivity index (χ1v) is 9.28. The SMILES string of the molecule is CC[C@H](C(=O)NC)N(Cc1ccc(C)cc1)C(=O)COc1ccccc1Cl. The maximum Gasteiger partial charge on any atom is 0.261 e. The van der Waals surface area contributed by atoms with Crippen molar-refractivity contribution in [2.24, 2.45) is 0 Å². The molecule has 1 N–H and O–H groups in total. The van der Waals surface area contributed by atoms with Gasteiger partial charge in [-0.25, -0.2) is 0 Å². The Kier molecular flexibility index (Phi) is 7.67. The van der Waals surface area contributed by atoms with Crippen molar-refractivity contribution in [2.75, 3.05) is 13.7 Å². The van der Waals surface area contributed by atoms with E-state index in [-0.39, 0.29) is 18.4 Å². The Morgan fingerprint density at radius 3 is 2.41 bits per heavy atom. The highest BCUT2D eigenvalue weighted by Gasteiger charge is 2.28. The summed E-state index contributed by atoms with van der Waals surface area (Å²) in [5, 5.41) is 3.07. The summed E-state index contributed by atoms with van der Waals surface area (Å²) in [7, 11) is 1.57. The second-order valence-corrected chi connectivity index (χ2v) is 6.67. The molecule has 0 bridgehead atoms. The van der Waals surface area contributed by atoms with Crippen molar-refractivity contribution in [1.82, 2.24) is 10.2 Å². The van der Waals surface area contributed by atoms with E-state index < -0.39 is 6.04 Å². The lowest BCUT2D eigenvalue weighted by Crippen LogP contribution is -2.49. The number of para-hydroxylation sites is 1. The average Bonchev–Trinajstić information content (AvgIpc) is 2.68. The predicted octanol–water partition coefficient (Wildman–Crippen LogP) is 3.58. The van der Waals surface area contributed by atoms with Crippen molar-refractivity contribution in [3.05, 3.63) is 64.7 Å². The molecule has 0 saturated heterocycles. The Morgan fingerprint density at radius 2 is 1.81 bits per heavy atom. The van der Waals surface area contributed by atoms with Crippen LogP contribution in [0.2, 0.25) is 5.02 Å². The van der Waals surface area contributed by atoms with Gasteiger partial charge >= 0.3 is 0 Å². The molecule has 0 fully saturated rings. The van der Waals surface area contributed by atoms with Gasteiger partial charge in [0.15, 0.2) is 6.61 Å². The topological polar surface area (TPSA) is 58.6 Å². The monoisotopic (exact) mass is 388 g/mol. The number of halogens is 1. The summed E-state index contributed by atoms with van der Waals surface area (Å²) >= 11 is 6.08. The second-order valence-electron chi connectivity index (χ2n) is 6.26. The molecule has 144 valence electrons. The van der Waals surface area contributed by atoms with E-state index in [9.17, 15) is 9.59 Å². The fourth-order valence-corrected chi connectivity index (χ4v) is 2.95. The number of carbonyl (C=O) groups is 2. The molecular formula is C21H25ClN2O3. The fraction of sp³-hybridized carbons (Fsp3) is 0.333. The number of amides is 2. The van der Waals surface area contributed by atoms with E-state index in [1.807, 2.05) is 38.1 Å². The highest BCUT2D eigenvalue weighted by Crippen LogP contribution is 2.23. The minimum atomic E-state index is -0.571. The number of ether oxygens (including phenoxy) is 1. The van der Waals surface area contributed by atoms with Crippen LogP contribution in [0.15, 0.2) is 48.5 Å². The van der Waals surface area contributed by atoms with E-state index in [0.717, 1.165) is 11.1 Å². The molecule has 0 saturated carbocycles. The van der Waals surface area contributed by atoms with Gasteiger partial charge in [0, 0.05) is 13.6 Å². The second kappa shape index (κ2) is 9.97. The summed E-state index contributed by atoms with van der Waals surface area (Å²) in [4.78, 5) is 26.7. The number of aryl methyl sites for hydroxylation is 1. The highest BCUT2D eigenvalue weighted by molar-refractivity contribution is 6.32. The van der Waals surface area contributed by atoms with Gasteiger partial charge < -0.3 is 15.0 Å². The molecule has 0 spiro atoms. The summed E-state index contributed by atoms with van der Waals surface area (Å²) in [6.45, 7) is 4.02. The molecule has 0 radical (unpaired) electrons. The Morgan fingerprint density at radius 1 is 1.15 bits per heavy atom. The van der Waals surface area contributed by atoms with Gasteiger partial charge in [0.05, 0.1) is 5.02 Å². The smallest absolute Gasteiger partial charge is 0.261 e. The number of benzene rings is 2. The molecule has 2 aromatic carbocycles. The van der Waals surface area contributed by atoms with Crippen LogP contribution in [0.25, 0.3) is 0 Å². The Bertz CT molecular complexity index is 777. The molecule has 0 aliphatic carbocycles. The number of nitrogens with zero attached hydrogens (tertiary/aromatic N) is 1. The summed E-state index contributed by atoms with van der Waals surface area (Å²) in [5.74, 6) is -0.0301. The van der Waals surface area contributed by atoms with E-state index in [1.54, 1.807) is 36.2 Å². The molecule has 0 aliphatic rings. The van der Waals surface area contributed by atoms with Gasteiger partial charge in [-0.1, -0.05) is 60.5 Å². The lowest BCUT2D eigenvalue weighted by atomic mass is 10.1. The van der Waals surface area contributed by atoms with Crippen molar-refractivity contribution < 1.29 is 14.3 Å². The van der Waals surface area contributed by atoms with Crippen LogP contribution in [-0.4, -0.2) is 36.4 Å². The zero-order valence-corrected chi connectivity index (χ0v) is 16.6. The van der Waals surface area contributed by atoms with Gasteiger partial charge in [-0.05, 0) is 31.0 Å². The third kappa shape index (κ3) is 5.73. The molecule has 2 amide bonds. The number of rotatable bonds is 8. The van der Waals surface area contributed by atoms with E-state index in [0.29, 0.717) is 23.7 Å². The third-order valence-electron chi connectivity index (χ3n) is 4.29. The molecule has 27 heavy (non-hydrogen) atoms. The zero-order chi connectivity index (χ0) is 19.8. The van der Waals surface area contributed by atoms with Crippen LogP contribution in [0.4, 0.5) is 0 Å². The van der Waals surface area contributed by atoms with E-state index >= 15 is 0 Å². The lowest BCUT2D eigenvalue weighted by Gasteiger charge is -2.30. The van der Waals surface area contributed by atoms with Gasteiger partial charge in [-0.2, -0.15) is 0 Å². The van der Waals surface area contributed by atoms with Crippen LogP contribution in [-0.2, 0) is 16.1 Å². The van der Waals surface area contributed by atoms with Gasteiger partial charge in [0.25, 0.3) is 5.91 Å². The van der Waals surface area contributed by atoms with Crippen LogP contribution in [0.3, 0.4) is 0 Å². The van der Waals surface area contributed by atoms with Crippen molar-refractivity contribution in [3.63, 3.8) is 0 Å². The van der Waals surface area contributed by atoms with E-state index in [4.69, 9.17) is 16.3 Å². The van der Waals surface area contributed by atoms with Gasteiger partial charge in [-0.15, -0.1) is 0 Å². The van der Waals surface area contributed by atoms with Gasteiger partial charge in [-0.3, -0.25) is 9.59 Å². The summed E-state index contributed by atoms with van der Waals surface area (Å²) in [6, 6.07) is 14.3. The van der Waals surface area contributed by atoms with Crippen LogP contribution in [0, 0.1) is 6.92 Å². The molecule has 1 atom stereocenters. The molecule has 0 heterocycles. The Balaban J connectivity index is 2.19. The molecule has 2 rings (SSSR count). The predicted molar refractivity (Wildman–Crippen MR) is 107 cm³/mol. The minimum absolute atomic E-state index is 0.191. The minimum Gasteiger partial charge on any atom is -0.482 e. The first kappa shape index (κ1) is 20.8. The zero-order valence-electron chi connectivity index (χ0n) is 15.9. The maximum absolute atomic E-state index is 12.9. The summed E-state index contributed by atoms with van der Waals surface area (Å²) in [6.07, 6.45) is 0.503. The molecule has 0 unspecified atom stereocenters. The van der Waals surface area contributed by atoms with Crippen molar-refractivity contribution in [2.45, 2.75) is 32.9 Å². The molecular weight excluding hydrogens is 364 g/mol. The quantitative estimate of drug-likeness (QED) is 0.751. The number of likely N-dealkylation sites (N-methyl/N-ethyl adjacent to an activating group) is 1. The van der Waals surface area contributed by atoms with Crippen LogP contribution in [0.5, 0.6) is 5.75 Å². The Labute approximate surface area is 165 Å². The standard InChI is InChI=1S/C21H25ClN2O3/c1-4-18(21(26)23-3)24(13-16-11-9-15(2)10-12-16)20(25)14-27-19-8-6-5-7-17(19)22/h5-12,18H,4,13-14H2,1-3H3,(H,23,26)/t18-/m1/s1. The molecule has 6 heteroatoms. The molecule has 5 nitrogen and oxygen atoms in total. The summed E-state index contributed by atoms with van der Waals surface area (Å²) < 4.78 is 5.59. The Hall–Kier alpha value is -2.53. The number of hydrogen-bond acceptors (Lipinski definition) is 3. The normalized spacial score (nSPS) is 11.6. The first-order chi connectivity index (χ1) is 13.0. The average molecular weight is 389 g/mol. The molecule has 0 aromatic heterocycles. The summed E-state index contributed by atoms with van der Waals surface area (Å²) in [5.41, 5.74) is 2.09. The van der Waals surface area contributed by atoms with Crippen molar-refractivity contribution >= 4 is 23.4 Å². The van der Waals surface area contributed by atoms with Crippen LogP contribution in [0.1, 0.15) is 24.5 Å². The van der Waals surface area contributed by atoms with Gasteiger partial charge in [0.1, 0.15) is 11.8 Å². The fourth-order valence-electron chi connectivity index (χ4n) is 2.76. The van der Waals surface area contributed by atoms with Crippen molar-refractivity contribution in [1.29, 1.82) is 0 Å². The van der Waals surface area contributed by atoms with Crippen LogP contribution >= 0.6 is 11.6 Å². The van der Waals surface area contributed by atoms with E-state index in [1.165, 1.54) is 0 Å².